The molecular weight excluding hydrogens is 469 g/mol. The first kappa shape index (κ1) is 23.6. The Morgan fingerprint density at radius 2 is 1.72 bits per heavy atom. The average Bonchev–Trinajstić information content (AvgIpc) is 3.46. The Bertz CT molecular complexity index is 1450. The molecule has 3 aromatic heterocycles. The second-order valence-corrected chi connectivity index (χ2v) is 8.81. The van der Waals surface area contributed by atoms with Gasteiger partial charge in [0.05, 0.1) is 23.0 Å². The van der Waals surface area contributed by atoms with Gasteiger partial charge in [-0.05, 0) is 36.4 Å². The predicted molar refractivity (Wildman–Crippen MR) is 128 cm³/mol. The molecule has 4 heterocycles. The summed E-state index contributed by atoms with van der Waals surface area (Å²) in [5.41, 5.74) is 5.81. The number of amides is 1. The van der Waals surface area contributed by atoms with Crippen molar-refractivity contribution >= 4 is 11.6 Å². The number of hydrogen-bond donors (Lipinski definition) is 0. The molecule has 5 rings (SSSR count). The molecule has 0 saturated carbocycles. The van der Waals surface area contributed by atoms with Crippen LogP contribution in [0.1, 0.15) is 11.3 Å². The summed E-state index contributed by atoms with van der Waals surface area (Å²) >= 11 is 0. The second-order valence-electron chi connectivity index (χ2n) is 8.81. The van der Waals surface area contributed by atoms with Crippen molar-refractivity contribution in [3.63, 3.8) is 0 Å². The van der Waals surface area contributed by atoms with Crippen LogP contribution in [-0.4, -0.2) is 62.0 Å². The first-order valence-corrected chi connectivity index (χ1v) is 11.5. The Balaban J connectivity index is 1.50. The fourth-order valence-corrected chi connectivity index (χ4v) is 4.59. The van der Waals surface area contributed by atoms with E-state index in [4.69, 9.17) is 10.2 Å². The molecule has 1 fully saturated rings. The van der Waals surface area contributed by atoms with Crippen molar-refractivity contribution in [2.45, 2.75) is 12.7 Å². The molecule has 1 amide bonds. The molecule has 1 aromatic carbocycles. The lowest BCUT2D eigenvalue weighted by Gasteiger charge is -2.35. The average molecular weight is 493 g/mol. The van der Waals surface area contributed by atoms with Crippen LogP contribution in [-0.2, 0) is 18.4 Å². The number of fused-ring (bicyclic) bond motifs is 1. The summed E-state index contributed by atoms with van der Waals surface area (Å²) in [6, 6.07) is 17.2. The number of halogens is 3. The number of hydrogen-bond acceptors (Lipinski definition) is 4. The summed E-state index contributed by atoms with van der Waals surface area (Å²) in [5.74, 6) is -1.79. The van der Waals surface area contributed by atoms with Crippen molar-refractivity contribution in [2.75, 3.05) is 26.2 Å². The maximum absolute atomic E-state index is 12.8. The van der Waals surface area contributed by atoms with E-state index in [1.807, 2.05) is 69.7 Å². The highest BCUT2D eigenvalue weighted by Crippen LogP contribution is 2.29. The zero-order chi connectivity index (χ0) is 25.4. The van der Waals surface area contributed by atoms with Gasteiger partial charge in [-0.25, -0.2) is 4.98 Å². The molecule has 0 N–H and O–H groups in total. The number of carbonyl (C=O) groups excluding carboxylic acids is 1. The molecule has 0 atom stereocenters. The number of aromatic nitrogens is 3. The van der Waals surface area contributed by atoms with Crippen LogP contribution in [0.3, 0.4) is 0 Å². The predicted octanol–water partition coefficient (Wildman–Crippen LogP) is 4.08. The van der Waals surface area contributed by atoms with Crippen molar-refractivity contribution in [3.05, 3.63) is 72.2 Å². The van der Waals surface area contributed by atoms with E-state index in [0.717, 1.165) is 38.8 Å². The van der Waals surface area contributed by atoms with Crippen molar-refractivity contribution < 1.29 is 18.0 Å². The zero-order valence-corrected chi connectivity index (χ0v) is 19.5. The third-order valence-electron chi connectivity index (χ3n) is 6.52. The first-order chi connectivity index (χ1) is 17.2. The summed E-state index contributed by atoms with van der Waals surface area (Å²) in [7, 11) is 1.97. The third kappa shape index (κ3) is 4.45. The van der Waals surface area contributed by atoms with E-state index in [1.165, 1.54) is 0 Å². The van der Waals surface area contributed by atoms with Gasteiger partial charge in [0.25, 0.3) is 0 Å². The standard InChI is InChI=1S/C26H23F3N6O/c1-32-10-2-3-21(32)20-8-9-23-31-24(19-6-4-18(15-30)5-7-19)22(35(23)16-20)17-33-11-13-34(14-12-33)25(36)26(27,28)29/h2-10,16H,11-14,17H2,1H3. The van der Waals surface area contributed by atoms with E-state index < -0.39 is 12.1 Å². The van der Waals surface area contributed by atoms with E-state index in [9.17, 15) is 18.0 Å². The smallest absolute Gasteiger partial charge is 0.351 e. The molecule has 1 saturated heterocycles. The van der Waals surface area contributed by atoms with Crippen LogP contribution in [0, 0.1) is 11.3 Å². The van der Waals surface area contributed by atoms with Crippen LogP contribution >= 0.6 is 0 Å². The summed E-state index contributed by atoms with van der Waals surface area (Å²) in [4.78, 5) is 19.4. The molecule has 0 unspecified atom stereocenters. The Morgan fingerprint density at radius 1 is 1.03 bits per heavy atom. The van der Waals surface area contributed by atoms with Gasteiger partial charge in [0.1, 0.15) is 5.65 Å². The lowest BCUT2D eigenvalue weighted by Crippen LogP contribution is -2.52. The molecule has 0 spiro atoms. The Hall–Kier alpha value is -4.10. The number of piperazine rings is 1. The van der Waals surface area contributed by atoms with Gasteiger partial charge in [-0.2, -0.15) is 18.4 Å². The normalized spacial score (nSPS) is 14.8. The fraction of sp³-hybridized carbons (Fsp3) is 0.269. The highest BCUT2D eigenvalue weighted by molar-refractivity contribution is 5.82. The minimum Gasteiger partial charge on any atom is -0.351 e. The maximum atomic E-state index is 12.8. The highest BCUT2D eigenvalue weighted by atomic mass is 19.4. The fourth-order valence-electron chi connectivity index (χ4n) is 4.59. The van der Waals surface area contributed by atoms with Crippen LogP contribution in [0.25, 0.3) is 28.2 Å². The molecule has 0 radical (unpaired) electrons. The number of nitrogens with zero attached hydrogens (tertiary/aromatic N) is 6. The number of imidazole rings is 1. The largest absolute Gasteiger partial charge is 0.471 e. The number of rotatable bonds is 4. The molecule has 4 aromatic rings. The molecular formula is C26H23F3N6O. The monoisotopic (exact) mass is 492 g/mol. The van der Waals surface area contributed by atoms with Gasteiger partial charge in [-0.15, -0.1) is 0 Å². The van der Waals surface area contributed by atoms with Gasteiger partial charge in [0, 0.05) is 69.0 Å². The minimum atomic E-state index is -4.86. The highest BCUT2D eigenvalue weighted by Gasteiger charge is 2.43. The number of nitriles is 1. The van der Waals surface area contributed by atoms with Crippen molar-refractivity contribution in [1.82, 2.24) is 23.8 Å². The minimum absolute atomic E-state index is 0.00980. The number of carbonyl (C=O) groups is 1. The van der Waals surface area contributed by atoms with Crippen molar-refractivity contribution in [3.8, 4) is 28.6 Å². The van der Waals surface area contributed by atoms with Crippen LogP contribution in [0.2, 0.25) is 0 Å². The molecule has 0 aliphatic carbocycles. The van der Waals surface area contributed by atoms with Crippen LogP contribution < -0.4 is 0 Å². The van der Waals surface area contributed by atoms with Gasteiger partial charge in [0.2, 0.25) is 0 Å². The number of aryl methyl sites for hydroxylation is 1. The molecule has 1 aliphatic heterocycles. The van der Waals surface area contributed by atoms with E-state index in [1.54, 1.807) is 12.1 Å². The molecule has 0 bridgehead atoms. The van der Waals surface area contributed by atoms with E-state index in [2.05, 4.69) is 6.07 Å². The van der Waals surface area contributed by atoms with Crippen LogP contribution in [0.15, 0.2) is 60.9 Å². The maximum Gasteiger partial charge on any atom is 0.471 e. The Kier molecular flexibility index (Phi) is 6.02. The van der Waals surface area contributed by atoms with E-state index >= 15 is 0 Å². The van der Waals surface area contributed by atoms with E-state index in [0.29, 0.717) is 25.2 Å². The number of pyridine rings is 1. The topological polar surface area (TPSA) is 69.6 Å². The Labute approximate surface area is 205 Å². The van der Waals surface area contributed by atoms with E-state index in [-0.39, 0.29) is 13.1 Å². The SMILES string of the molecule is Cn1cccc1-c1ccc2nc(-c3ccc(C#N)cc3)c(CN3CCN(C(=O)C(F)(F)F)CC3)n2c1. The van der Waals surface area contributed by atoms with Gasteiger partial charge in [-0.1, -0.05) is 12.1 Å². The van der Waals surface area contributed by atoms with Gasteiger partial charge >= 0.3 is 12.1 Å². The Morgan fingerprint density at radius 3 is 2.33 bits per heavy atom. The lowest BCUT2D eigenvalue weighted by molar-refractivity contribution is -0.187. The molecule has 36 heavy (non-hydrogen) atoms. The first-order valence-electron chi connectivity index (χ1n) is 11.5. The van der Waals surface area contributed by atoms with Crippen LogP contribution in [0.4, 0.5) is 13.2 Å². The summed E-state index contributed by atoms with van der Waals surface area (Å²) < 4.78 is 42.6. The lowest BCUT2D eigenvalue weighted by atomic mass is 10.1. The third-order valence-corrected chi connectivity index (χ3v) is 6.52. The van der Waals surface area contributed by atoms with Gasteiger partial charge in [-0.3, -0.25) is 9.69 Å². The summed E-state index contributed by atoms with van der Waals surface area (Å²) in [5, 5.41) is 9.16. The summed E-state index contributed by atoms with van der Waals surface area (Å²) in [6.07, 6.45) is -0.873. The number of alkyl halides is 3. The second kappa shape index (κ2) is 9.17. The van der Waals surface area contributed by atoms with Gasteiger partial charge in [0.15, 0.2) is 0 Å². The molecule has 7 nitrogen and oxygen atoms in total. The quantitative estimate of drug-likeness (QED) is 0.431. The molecule has 184 valence electrons. The van der Waals surface area contributed by atoms with Crippen LogP contribution in [0.5, 0.6) is 0 Å². The molecule has 10 heteroatoms. The zero-order valence-electron chi connectivity index (χ0n) is 19.5. The molecule has 1 aliphatic rings. The number of benzene rings is 1. The summed E-state index contributed by atoms with van der Waals surface area (Å²) in [6.45, 7) is 1.10. The van der Waals surface area contributed by atoms with Crippen molar-refractivity contribution in [2.24, 2.45) is 7.05 Å². The van der Waals surface area contributed by atoms with Crippen molar-refractivity contribution in [1.29, 1.82) is 5.26 Å². The van der Waals surface area contributed by atoms with Gasteiger partial charge < -0.3 is 13.9 Å².